The van der Waals surface area contributed by atoms with Gasteiger partial charge in [0.1, 0.15) is 17.4 Å². The van der Waals surface area contributed by atoms with Crippen molar-refractivity contribution in [3.8, 4) is 29.0 Å². The smallest absolute Gasteiger partial charge is 0.135 e. The lowest BCUT2D eigenvalue weighted by Gasteiger charge is -2.26. The number of nitrogens with zero attached hydrogens (tertiary/aromatic N) is 3. The molecule has 0 bridgehead atoms. The van der Waals surface area contributed by atoms with Gasteiger partial charge in [0.2, 0.25) is 0 Å². The third kappa shape index (κ3) is 3.46. The van der Waals surface area contributed by atoms with Crippen molar-refractivity contribution in [2.45, 2.75) is 31.6 Å². The second kappa shape index (κ2) is 9.08. The molecule has 212 valence electrons. The summed E-state index contributed by atoms with van der Waals surface area (Å²) in [4.78, 5) is 0. The molecule has 4 heteroatoms. The minimum atomic E-state index is -0.0357. The van der Waals surface area contributed by atoms with Crippen molar-refractivity contribution in [3.63, 3.8) is 0 Å². The van der Waals surface area contributed by atoms with E-state index in [1.165, 1.54) is 22.3 Å². The van der Waals surface area contributed by atoms with Crippen LogP contribution in [0.4, 0.5) is 0 Å². The van der Waals surface area contributed by atoms with Gasteiger partial charge in [-0.15, -0.1) is 0 Å². The molecule has 1 unspecified atom stereocenters. The maximum atomic E-state index is 10.4. The monoisotopic (exact) mass is 577 g/mol. The third-order valence-electron chi connectivity index (χ3n) is 10.1. The Kier molecular flexibility index (Phi) is 5.18. The molecule has 1 atom stereocenters. The number of para-hydroxylation sites is 2. The molecule has 2 aliphatic rings. The van der Waals surface area contributed by atoms with Gasteiger partial charge < -0.3 is 8.98 Å². The van der Waals surface area contributed by atoms with E-state index < -0.39 is 0 Å². The van der Waals surface area contributed by atoms with Gasteiger partial charge in [-0.05, 0) is 77.2 Å². The lowest BCUT2D eigenvalue weighted by atomic mass is 9.77. The fourth-order valence-electron chi connectivity index (χ4n) is 8.03. The average Bonchev–Trinajstić information content (AvgIpc) is 3.68. The van der Waals surface area contributed by atoms with Crippen LogP contribution in [0.3, 0.4) is 0 Å². The van der Waals surface area contributed by atoms with Gasteiger partial charge in [0, 0.05) is 38.6 Å². The summed E-state index contributed by atoms with van der Waals surface area (Å²) in [6.45, 7) is 4.64. The molecule has 2 aromatic heterocycles. The highest BCUT2D eigenvalue weighted by molar-refractivity contribution is 6.10. The van der Waals surface area contributed by atoms with E-state index in [1.54, 1.807) is 0 Å². The average molecular weight is 578 g/mol. The SMILES string of the molecule is CC1(C)C2=Cc3oc4ccc(-c5cccc(C#N)c5-n5c6ccccc6c6cc(C#N)ccc65)cc4c3CC2c2ccccc21. The van der Waals surface area contributed by atoms with Crippen molar-refractivity contribution < 1.29 is 4.42 Å². The van der Waals surface area contributed by atoms with Crippen LogP contribution in [0.15, 0.2) is 113 Å². The Hall–Kier alpha value is -5.84. The highest BCUT2D eigenvalue weighted by atomic mass is 16.3. The number of furan rings is 1. The first-order chi connectivity index (χ1) is 22.0. The number of nitriles is 2. The molecule has 4 nitrogen and oxygen atoms in total. The molecule has 5 aromatic carbocycles. The Bertz CT molecular complexity index is 2520. The van der Waals surface area contributed by atoms with Crippen molar-refractivity contribution in [2.24, 2.45) is 0 Å². The fourth-order valence-corrected chi connectivity index (χ4v) is 8.03. The van der Waals surface area contributed by atoms with Gasteiger partial charge in [-0.1, -0.05) is 74.5 Å². The van der Waals surface area contributed by atoms with Crippen LogP contribution < -0.4 is 0 Å². The first-order valence-electron chi connectivity index (χ1n) is 15.3. The molecule has 7 aromatic rings. The lowest BCUT2D eigenvalue weighted by molar-refractivity contribution is 0.570. The second-order valence-corrected chi connectivity index (χ2v) is 12.7. The van der Waals surface area contributed by atoms with E-state index in [1.807, 2.05) is 42.5 Å². The van der Waals surface area contributed by atoms with Gasteiger partial charge in [0.25, 0.3) is 0 Å². The number of hydrogen-bond donors (Lipinski definition) is 0. The molecule has 0 radical (unpaired) electrons. The van der Waals surface area contributed by atoms with Gasteiger partial charge in [-0.3, -0.25) is 0 Å². The molecule has 2 aliphatic carbocycles. The second-order valence-electron chi connectivity index (χ2n) is 12.7. The fraction of sp³-hybridized carbons (Fsp3) is 0.122. The predicted molar refractivity (Wildman–Crippen MR) is 179 cm³/mol. The topological polar surface area (TPSA) is 65.7 Å². The van der Waals surface area contributed by atoms with E-state index in [4.69, 9.17) is 4.42 Å². The quantitative estimate of drug-likeness (QED) is 0.205. The van der Waals surface area contributed by atoms with E-state index >= 15 is 0 Å². The molecule has 0 fully saturated rings. The molecule has 0 amide bonds. The summed E-state index contributed by atoms with van der Waals surface area (Å²) in [7, 11) is 0. The maximum Gasteiger partial charge on any atom is 0.135 e. The normalized spacial score (nSPS) is 16.2. The van der Waals surface area contributed by atoms with Crippen molar-refractivity contribution >= 4 is 38.9 Å². The van der Waals surface area contributed by atoms with Gasteiger partial charge in [-0.25, -0.2) is 0 Å². The van der Waals surface area contributed by atoms with Crippen LogP contribution in [-0.4, -0.2) is 4.57 Å². The van der Waals surface area contributed by atoms with Gasteiger partial charge >= 0.3 is 0 Å². The Morgan fingerprint density at radius 1 is 0.778 bits per heavy atom. The van der Waals surface area contributed by atoms with E-state index in [0.29, 0.717) is 17.0 Å². The van der Waals surface area contributed by atoms with Crippen LogP contribution in [0, 0.1) is 22.7 Å². The molecule has 0 N–H and O–H groups in total. The summed E-state index contributed by atoms with van der Waals surface area (Å²) in [6.07, 6.45) is 3.19. The predicted octanol–water partition coefficient (Wildman–Crippen LogP) is 9.95. The van der Waals surface area contributed by atoms with E-state index in [0.717, 1.165) is 61.8 Å². The third-order valence-corrected chi connectivity index (χ3v) is 10.1. The van der Waals surface area contributed by atoms with Crippen LogP contribution in [0.1, 0.15) is 53.3 Å². The molecule has 45 heavy (non-hydrogen) atoms. The Labute approximate surface area is 260 Å². The van der Waals surface area contributed by atoms with E-state index in [2.05, 4.69) is 97.3 Å². The van der Waals surface area contributed by atoms with E-state index in [-0.39, 0.29) is 5.41 Å². The summed E-state index contributed by atoms with van der Waals surface area (Å²) in [5, 5.41) is 23.2. The van der Waals surface area contributed by atoms with Crippen molar-refractivity contribution in [2.75, 3.05) is 0 Å². The van der Waals surface area contributed by atoms with E-state index in [9.17, 15) is 10.5 Å². The lowest BCUT2D eigenvalue weighted by Crippen LogP contribution is -2.18. The number of benzene rings is 5. The van der Waals surface area contributed by atoms with Crippen LogP contribution in [0.25, 0.3) is 55.7 Å². The molecule has 0 saturated heterocycles. The Morgan fingerprint density at radius 3 is 2.47 bits per heavy atom. The summed E-state index contributed by atoms with van der Waals surface area (Å²) < 4.78 is 8.69. The van der Waals surface area contributed by atoms with Gasteiger partial charge in [0.15, 0.2) is 0 Å². The van der Waals surface area contributed by atoms with Crippen molar-refractivity contribution in [1.29, 1.82) is 10.5 Å². The van der Waals surface area contributed by atoms with Crippen LogP contribution >= 0.6 is 0 Å². The number of allylic oxidation sites excluding steroid dienone is 1. The van der Waals surface area contributed by atoms with Crippen LogP contribution in [0.5, 0.6) is 0 Å². The molecule has 0 spiro atoms. The summed E-state index contributed by atoms with van der Waals surface area (Å²) in [5.41, 5.74) is 12.3. The Balaban J connectivity index is 1.27. The molecule has 9 rings (SSSR count). The highest BCUT2D eigenvalue weighted by Gasteiger charge is 2.44. The van der Waals surface area contributed by atoms with Gasteiger partial charge in [-0.2, -0.15) is 10.5 Å². The zero-order valence-corrected chi connectivity index (χ0v) is 24.9. The minimum Gasteiger partial charge on any atom is -0.456 e. The summed E-state index contributed by atoms with van der Waals surface area (Å²) in [6, 6.07) is 39.9. The first-order valence-corrected chi connectivity index (χ1v) is 15.3. The number of fused-ring (bicyclic) bond motifs is 9. The molecular formula is C41H27N3O. The largest absolute Gasteiger partial charge is 0.456 e. The number of aromatic nitrogens is 1. The molecule has 0 saturated carbocycles. The van der Waals surface area contributed by atoms with Crippen LogP contribution in [-0.2, 0) is 11.8 Å². The minimum absolute atomic E-state index is 0.0357. The van der Waals surface area contributed by atoms with Crippen molar-refractivity contribution in [1.82, 2.24) is 4.57 Å². The van der Waals surface area contributed by atoms with Gasteiger partial charge in [0.05, 0.1) is 33.9 Å². The number of rotatable bonds is 2. The zero-order chi connectivity index (χ0) is 30.4. The van der Waals surface area contributed by atoms with Crippen molar-refractivity contribution in [3.05, 3.63) is 142 Å². The molecule has 2 heterocycles. The highest BCUT2D eigenvalue weighted by Crippen LogP contribution is 2.55. The summed E-state index contributed by atoms with van der Waals surface area (Å²) >= 11 is 0. The zero-order valence-electron chi connectivity index (χ0n) is 24.9. The first kappa shape index (κ1) is 25.6. The molecular weight excluding hydrogens is 550 g/mol. The number of hydrogen-bond acceptors (Lipinski definition) is 3. The van der Waals surface area contributed by atoms with Crippen LogP contribution in [0.2, 0.25) is 0 Å². The maximum absolute atomic E-state index is 10.4. The summed E-state index contributed by atoms with van der Waals surface area (Å²) in [5.74, 6) is 1.29. The Morgan fingerprint density at radius 2 is 1.60 bits per heavy atom. The molecule has 0 aliphatic heterocycles. The standard InChI is InChI=1S/C41H27N3O/c1-41(2)34-12-5-3-9-28(34)30-20-33-32-19-25(15-17-38(32)45-39(33)21-35(30)41)27-11-7-8-26(23-43)40(27)44-36-13-6-4-10-29(36)31-18-24(22-42)14-16-37(31)44/h3-19,21,30H,20H2,1-2H3.